The number of unbranched alkanes of at least 4 members (excludes halogenated alkanes) is 2. The molecule has 1 heterocycles. The maximum atomic E-state index is 12.0. The van der Waals surface area contributed by atoms with Crippen LogP contribution < -0.4 is 14.9 Å². The van der Waals surface area contributed by atoms with Crippen molar-refractivity contribution in [1.82, 2.24) is 4.72 Å². The van der Waals surface area contributed by atoms with Gasteiger partial charge in [0.15, 0.2) is 0 Å². The summed E-state index contributed by atoms with van der Waals surface area (Å²) in [5, 5.41) is 3.47. The predicted molar refractivity (Wildman–Crippen MR) is 121 cm³/mol. The van der Waals surface area contributed by atoms with Crippen molar-refractivity contribution in [2.45, 2.75) is 65.0 Å². The summed E-state index contributed by atoms with van der Waals surface area (Å²) in [6, 6.07) is 8.76. The monoisotopic (exact) mass is 409 g/mol. The largest absolute Gasteiger partial charge is 0.385 e. The molecule has 2 N–H and O–H groups in total. The van der Waals surface area contributed by atoms with Crippen molar-refractivity contribution in [2.24, 2.45) is 11.8 Å². The number of nitrogens with zero attached hydrogens (tertiary/aromatic N) is 1. The van der Waals surface area contributed by atoms with E-state index in [4.69, 9.17) is 0 Å². The van der Waals surface area contributed by atoms with Crippen molar-refractivity contribution in [2.75, 3.05) is 36.4 Å². The maximum absolute atomic E-state index is 12.0. The van der Waals surface area contributed by atoms with Crippen LogP contribution in [0.15, 0.2) is 24.3 Å². The maximum Gasteiger partial charge on any atom is 0.216 e. The standard InChI is InChI=1S/C22H39N3O2S/c1-18-15-19(2)17-25(16-18)21-11-9-20(10-12-21)23-13-7-6-8-14-24-28(26,27)22(3,4)5/h9-12,18-19,23-24H,6-8,13-17H2,1-5H3. The number of sulfonamides is 1. The highest BCUT2D eigenvalue weighted by Crippen LogP contribution is 2.27. The Bertz CT molecular complexity index is 685. The van der Waals surface area contributed by atoms with Gasteiger partial charge in [-0.15, -0.1) is 0 Å². The van der Waals surface area contributed by atoms with Gasteiger partial charge >= 0.3 is 0 Å². The van der Waals surface area contributed by atoms with Gasteiger partial charge in [-0.25, -0.2) is 13.1 Å². The van der Waals surface area contributed by atoms with Crippen molar-refractivity contribution in [1.29, 1.82) is 0 Å². The molecule has 0 amide bonds. The minimum absolute atomic E-state index is 0.515. The average molecular weight is 410 g/mol. The molecule has 0 radical (unpaired) electrons. The first-order chi connectivity index (χ1) is 13.1. The van der Waals surface area contributed by atoms with E-state index in [2.05, 4.69) is 53.1 Å². The van der Waals surface area contributed by atoms with E-state index in [0.29, 0.717) is 6.54 Å². The Kier molecular flexibility index (Phi) is 8.19. The number of hydrogen-bond donors (Lipinski definition) is 2. The van der Waals surface area contributed by atoms with E-state index in [9.17, 15) is 8.42 Å². The van der Waals surface area contributed by atoms with Crippen LogP contribution in [-0.2, 0) is 10.0 Å². The molecule has 2 rings (SSSR count). The van der Waals surface area contributed by atoms with Gasteiger partial charge in [0.05, 0.1) is 4.75 Å². The van der Waals surface area contributed by atoms with E-state index in [0.717, 1.165) is 56.4 Å². The third-order valence-electron chi connectivity index (χ3n) is 5.38. The van der Waals surface area contributed by atoms with Crippen molar-refractivity contribution in [3.63, 3.8) is 0 Å². The number of anilines is 2. The molecule has 1 aromatic carbocycles. The zero-order valence-electron chi connectivity index (χ0n) is 18.3. The van der Waals surface area contributed by atoms with Crippen molar-refractivity contribution < 1.29 is 8.42 Å². The molecule has 0 bridgehead atoms. The van der Waals surface area contributed by atoms with Gasteiger partial charge in [0.25, 0.3) is 0 Å². The number of rotatable bonds is 9. The van der Waals surface area contributed by atoms with Crippen molar-refractivity contribution >= 4 is 21.4 Å². The quantitative estimate of drug-likeness (QED) is 0.591. The van der Waals surface area contributed by atoms with Crippen LogP contribution in [0.5, 0.6) is 0 Å². The third kappa shape index (κ3) is 6.96. The molecule has 2 atom stereocenters. The van der Waals surface area contributed by atoms with E-state index in [1.807, 2.05) is 0 Å². The Labute approximate surface area is 172 Å². The lowest BCUT2D eigenvalue weighted by Crippen LogP contribution is -2.39. The molecule has 1 aliphatic rings. The van der Waals surface area contributed by atoms with Gasteiger partial charge in [0.1, 0.15) is 0 Å². The predicted octanol–water partition coefficient (Wildman–Crippen LogP) is 4.47. The molecule has 6 heteroatoms. The van der Waals surface area contributed by atoms with E-state index in [1.54, 1.807) is 20.8 Å². The molecular formula is C22H39N3O2S. The second-order valence-corrected chi connectivity index (χ2v) is 11.9. The van der Waals surface area contributed by atoms with Crippen LogP contribution in [0, 0.1) is 11.8 Å². The molecule has 0 aliphatic carbocycles. The van der Waals surface area contributed by atoms with E-state index in [-0.39, 0.29) is 0 Å². The van der Waals surface area contributed by atoms with Gasteiger partial charge < -0.3 is 10.2 Å². The van der Waals surface area contributed by atoms with E-state index >= 15 is 0 Å². The van der Waals surface area contributed by atoms with Gasteiger partial charge in [0, 0.05) is 37.6 Å². The Hall–Kier alpha value is -1.27. The summed E-state index contributed by atoms with van der Waals surface area (Å²) in [7, 11) is -3.22. The molecule has 0 aromatic heterocycles. The zero-order chi connectivity index (χ0) is 20.8. The minimum Gasteiger partial charge on any atom is -0.385 e. The highest BCUT2D eigenvalue weighted by atomic mass is 32.2. The van der Waals surface area contributed by atoms with Crippen LogP contribution >= 0.6 is 0 Å². The summed E-state index contributed by atoms with van der Waals surface area (Å²) >= 11 is 0. The van der Waals surface area contributed by atoms with Crippen LogP contribution in [0.25, 0.3) is 0 Å². The molecule has 1 aliphatic heterocycles. The van der Waals surface area contributed by atoms with E-state index < -0.39 is 14.8 Å². The molecule has 1 aromatic rings. The first kappa shape index (κ1) is 23.0. The van der Waals surface area contributed by atoms with Crippen molar-refractivity contribution in [3.8, 4) is 0 Å². The smallest absolute Gasteiger partial charge is 0.216 e. The molecule has 0 spiro atoms. The van der Waals surface area contributed by atoms with Gasteiger partial charge in [-0.05, 0) is 76.1 Å². The van der Waals surface area contributed by atoms with Crippen LogP contribution in [-0.4, -0.2) is 39.3 Å². The topological polar surface area (TPSA) is 61.4 Å². The van der Waals surface area contributed by atoms with Gasteiger partial charge in [0.2, 0.25) is 10.0 Å². The second-order valence-electron chi connectivity index (χ2n) is 9.40. The summed E-state index contributed by atoms with van der Waals surface area (Å²) < 4.78 is 25.9. The first-order valence-electron chi connectivity index (χ1n) is 10.7. The van der Waals surface area contributed by atoms with Gasteiger partial charge in [-0.1, -0.05) is 20.3 Å². The van der Waals surface area contributed by atoms with Crippen molar-refractivity contribution in [3.05, 3.63) is 24.3 Å². The number of nitrogens with one attached hydrogen (secondary N) is 2. The fourth-order valence-electron chi connectivity index (χ4n) is 3.75. The molecule has 160 valence electrons. The number of benzene rings is 1. The SMILES string of the molecule is CC1CC(C)CN(c2ccc(NCCCCCNS(=O)(=O)C(C)(C)C)cc2)C1. The Morgan fingerprint density at radius 1 is 0.964 bits per heavy atom. The molecule has 2 unspecified atom stereocenters. The third-order valence-corrected chi connectivity index (χ3v) is 7.58. The summed E-state index contributed by atoms with van der Waals surface area (Å²) in [4.78, 5) is 2.50. The highest BCUT2D eigenvalue weighted by molar-refractivity contribution is 7.90. The van der Waals surface area contributed by atoms with Gasteiger partial charge in [-0.3, -0.25) is 0 Å². The first-order valence-corrected chi connectivity index (χ1v) is 12.1. The minimum atomic E-state index is -3.22. The number of hydrogen-bond acceptors (Lipinski definition) is 4. The summed E-state index contributed by atoms with van der Waals surface area (Å²) in [5.74, 6) is 1.52. The normalized spacial score (nSPS) is 21.0. The fourth-order valence-corrected chi connectivity index (χ4v) is 4.59. The lowest BCUT2D eigenvalue weighted by molar-refractivity contribution is 0.357. The van der Waals surface area contributed by atoms with Crippen LogP contribution in [0.2, 0.25) is 0 Å². The van der Waals surface area contributed by atoms with E-state index in [1.165, 1.54) is 12.1 Å². The Morgan fingerprint density at radius 2 is 1.54 bits per heavy atom. The fraction of sp³-hybridized carbons (Fsp3) is 0.727. The van der Waals surface area contributed by atoms with Crippen LogP contribution in [0.1, 0.15) is 60.3 Å². The summed E-state index contributed by atoms with van der Waals surface area (Å²) in [5.41, 5.74) is 2.46. The highest BCUT2D eigenvalue weighted by Gasteiger charge is 2.27. The zero-order valence-corrected chi connectivity index (χ0v) is 19.1. The van der Waals surface area contributed by atoms with Crippen LogP contribution in [0.4, 0.5) is 11.4 Å². The molecule has 0 saturated carbocycles. The lowest BCUT2D eigenvalue weighted by atomic mass is 9.91. The van der Waals surface area contributed by atoms with Gasteiger partial charge in [-0.2, -0.15) is 0 Å². The molecule has 28 heavy (non-hydrogen) atoms. The molecular weight excluding hydrogens is 370 g/mol. The summed E-state index contributed by atoms with van der Waals surface area (Å²) in [6.45, 7) is 13.6. The molecule has 5 nitrogen and oxygen atoms in total. The number of piperidine rings is 1. The molecule has 1 fully saturated rings. The Balaban J connectivity index is 1.65. The Morgan fingerprint density at radius 3 is 2.11 bits per heavy atom. The summed E-state index contributed by atoms with van der Waals surface area (Å²) in [6.07, 6.45) is 4.22. The second kappa shape index (κ2) is 9.97. The van der Waals surface area contributed by atoms with Crippen LogP contribution in [0.3, 0.4) is 0 Å². The average Bonchev–Trinajstić information content (AvgIpc) is 2.59. The lowest BCUT2D eigenvalue weighted by Gasteiger charge is -2.36. The molecule has 1 saturated heterocycles.